The predicted octanol–water partition coefficient (Wildman–Crippen LogP) is 5.01. The van der Waals surface area contributed by atoms with E-state index in [1.54, 1.807) is 53.7 Å². The van der Waals surface area contributed by atoms with Crippen molar-refractivity contribution in [2.45, 2.75) is 59.3 Å². The molecule has 0 heterocycles. The van der Waals surface area contributed by atoms with Crippen LogP contribution in [0.5, 0.6) is 0 Å². The topological polar surface area (TPSA) is 89.0 Å². The first-order valence-corrected chi connectivity index (χ1v) is 9.41. The summed E-state index contributed by atoms with van der Waals surface area (Å²) >= 11 is 9.45. The van der Waals surface area contributed by atoms with Gasteiger partial charge in [-0.1, -0.05) is 23.7 Å². The van der Waals surface area contributed by atoms with Crippen LogP contribution in [0.1, 0.15) is 47.1 Å². The van der Waals surface area contributed by atoms with Gasteiger partial charge in [-0.3, -0.25) is 10.6 Å². The van der Waals surface area contributed by atoms with Crippen molar-refractivity contribution < 1.29 is 19.1 Å². The largest absolute Gasteiger partial charge is 0.444 e. The van der Waals surface area contributed by atoms with E-state index in [0.717, 1.165) is 5.56 Å². The molecule has 0 aromatic heterocycles. The van der Waals surface area contributed by atoms with Crippen LogP contribution < -0.4 is 10.6 Å². The smallest absolute Gasteiger partial charge is 0.414 e. The van der Waals surface area contributed by atoms with Crippen molar-refractivity contribution in [2.24, 2.45) is 4.99 Å². The van der Waals surface area contributed by atoms with E-state index < -0.39 is 23.4 Å². The molecule has 0 aliphatic heterocycles. The molecule has 0 fully saturated rings. The summed E-state index contributed by atoms with van der Waals surface area (Å²) in [6, 6.07) is 5.33. The van der Waals surface area contributed by atoms with E-state index >= 15 is 0 Å². The number of guanidine groups is 1. The Morgan fingerprint density at radius 2 is 1.52 bits per heavy atom. The van der Waals surface area contributed by atoms with Crippen LogP contribution in [0.2, 0.25) is 5.02 Å². The van der Waals surface area contributed by atoms with Crippen molar-refractivity contribution >= 4 is 45.7 Å². The zero-order valence-electron chi connectivity index (χ0n) is 16.3. The van der Waals surface area contributed by atoms with E-state index in [4.69, 9.17) is 21.1 Å². The molecule has 7 nitrogen and oxygen atoms in total. The number of carbonyl (C=O) groups excluding carboxylic acids is 2. The maximum absolute atomic E-state index is 12.0. The van der Waals surface area contributed by atoms with E-state index in [-0.39, 0.29) is 12.5 Å². The van der Waals surface area contributed by atoms with Gasteiger partial charge in [-0.05, 0) is 69.1 Å². The van der Waals surface area contributed by atoms with Gasteiger partial charge in [0.25, 0.3) is 0 Å². The highest BCUT2D eigenvalue weighted by Crippen LogP contribution is 2.26. The molecule has 0 aliphatic carbocycles. The summed E-state index contributed by atoms with van der Waals surface area (Å²) < 4.78 is 11.1. The zero-order chi connectivity index (χ0) is 20.8. The maximum Gasteiger partial charge on any atom is 0.414 e. The molecule has 27 heavy (non-hydrogen) atoms. The van der Waals surface area contributed by atoms with Gasteiger partial charge in [0.1, 0.15) is 11.2 Å². The SMILES string of the molecule is CC(C)(C)OC(=O)NC(=NCc1cccc(Cl)c1Br)NC(=O)OC(C)(C)C. The Balaban J connectivity index is 2.96. The van der Waals surface area contributed by atoms with Gasteiger partial charge in [0.2, 0.25) is 5.96 Å². The van der Waals surface area contributed by atoms with E-state index in [9.17, 15) is 9.59 Å². The Hall–Kier alpha value is -1.80. The van der Waals surface area contributed by atoms with Gasteiger partial charge in [-0.25, -0.2) is 14.6 Å². The molecule has 1 rings (SSSR count). The highest BCUT2D eigenvalue weighted by atomic mass is 79.9. The number of aliphatic imine (C=N–C) groups is 1. The van der Waals surface area contributed by atoms with E-state index in [0.29, 0.717) is 9.50 Å². The summed E-state index contributed by atoms with van der Waals surface area (Å²) in [5.41, 5.74) is -0.620. The van der Waals surface area contributed by atoms with Crippen LogP contribution in [0.4, 0.5) is 9.59 Å². The lowest BCUT2D eigenvalue weighted by atomic mass is 10.2. The first-order chi connectivity index (χ1) is 12.3. The molecule has 1 aromatic carbocycles. The third-order valence-electron chi connectivity index (χ3n) is 2.68. The summed E-state index contributed by atoms with van der Waals surface area (Å²) in [5.74, 6) is -0.0922. The maximum atomic E-state index is 12.0. The van der Waals surface area contributed by atoms with Crippen LogP contribution >= 0.6 is 27.5 Å². The number of amides is 2. The molecular formula is C18H25BrClN3O4. The lowest BCUT2D eigenvalue weighted by Crippen LogP contribution is -2.47. The second-order valence-electron chi connectivity index (χ2n) is 7.63. The zero-order valence-corrected chi connectivity index (χ0v) is 18.6. The second kappa shape index (κ2) is 9.41. The van der Waals surface area contributed by atoms with Crippen LogP contribution in [-0.4, -0.2) is 29.3 Å². The number of ether oxygens (including phenoxy) is 2. The Morgan fingerprint density at radius 1 is 1.04 bits per heavy atom. The molecule has 0 bridgehead atoms. The number of halogens is 2. The Bertz CT molecular complexity index is 692. The first kappa shape index (κ1) is 23.2. The van der Waals surface area contributed by atoms with Crippen molar-refractivity contribution in [3.63, 3.8) is 0 Å². The number of alkyl carbamates (subject to hydrolysis) is 2. The van der Waals surface area contributed by atoms with Gasteiger partial charge in [0.05, 0.1) is 11.6 Å². The molecule has 0 aliphatic rings. The van der Waals surface area contributed by atoms with E-state index in [1.807, 2.05) is 6.07 Å². The van der Waals surface area contributed by atoms with Crippen LogP contribution in [0.3, 0.4) is 0 Å². The summed E-state index contributed by atoms with van der Waals surface area (Å²) in [5, 5.41) is 5.38. The molecule has 150 valence electrons. The monoisotopic (exact) mass is 461 g/mol. The molecule has 9 heteroatoms. The Labute approximate surface area is 173 Å². The van der Waals surface area contributed by atoms with Crippen molar-refractivity contribution in [1.29, 1.82) is 0 Å². The number of nitrogens with zero attached hydrogens (tertiary/aromatic N) is 1. The van der Waals surface area contributed by atoms with Crippen LogP contribution in [0, 0.1) is 0 Å². The van der Waals surface area contributed by atoms with E-state index in [2.05, 4.69) is 31.6 Å². The molecule has 0 unspecified atom stereocenters. The standard InChI is InChI=1S/C18H25BrClN3O4/c1-17(2,3)26-15(24)22-14(23-16(25)27-18(4,5)6)21-10-11-8-7-9-12(20)13(11)19/h7-9H,10H2,1-6H3,(H2,21,22,23,24,25). The van der Waals surface area contributed by atoms with Crippen molar-refractivity contribution in [1.82, 2.24) is 10.6 Å². The molecule has 0 atom stereocenters. The summed E-state index contributed by atoms with van der Waals surface area (Å²) in [6.45, 7) is 10.5. The third kappa shape index (κ3) is 9.63. The molecule has 0 spiro atoms. The minimum Gasteiger partial charge on any atom is -0.444 e. The van der Waals surface area contributed by atoms with Crippen LogP contribution in [-0.2, 0) is 16.0 Å². The number of benzene rings is 1. The first-order valence-electron chi connectivity index (χ1n) is 8.24. The number of hydrogen-bond donors (Lipinski definition) is 2. The van der Waals surface area contributed by atoms with Gasteiger partial charge in [0.15, 0.2) is 0 Å². The summed E-state index contributed by atoms with van der Waals surface area (Å²) in [7, 11) is 0. The number of hydrogen-bond acceptors (Lipinski definition) is 5. The molecule has 1 aromatic rings. The Morgan fingerprint density at radius 3 is 1.96 bits per heavy atom. The predicted molar refractivity (Wildman–Crippen MR) is 109 cm³/mol. The van der Waals surface area contributed by atoms with Gasteiger partial charge < -0.3 is 9.47 Å². The molecule has 2 N–H and O–H groups in total. The van der Waals surface area contributed by atoms with Crippen molar-refractivity contribution in [3.05, 3.63) is 33.3 Å². The fourth-order valence-electron chi connectivity index (χ4n) is 1.75. The number of nitrogens with one attached hydrogen (secondary N) is 2. The molecule has 0 saturated heterocycles. The van der Waals surface area contributed by atoms with Crippen LogP contribution in [0.15, 0.2) is 27.7 Å². The van der Waals surface area contributed by atoms with Crippen molar-refractivity contribution in [3.8, 4) is 0 Å². The fourth-order valence-corrected chi connectivity index (χ4v) is 2.33. The molecule has 0 saturated carbocycles. The van der Waals surface area contributed by atoms with Gasteiger partial charge in [0, 0.05) is 4.47 Å². The average Bonchev–Trinajstić information content (AvgIpc) is 2.44. The molecule has 0 radical (unpaired) electrons. The lowest BCUT2D eigenvalue weighted by Gasteiger charge is -2.22. The average molecular weight is 463 g/mol. The van der Waals surface area contributed by atoms with Crippen LogP contribution in [0.25, 0.3) is 0 Å². The highest BCUT2D eigenvalue weighted by Gasteiger charge is 2.21. The Kier molecular flexibility index (Phi) is 8.10. The quantitative estimate of drug-likeness (QED) is 0.478. The lowest BCUT2D eigenvalue weighted by molar-refractivity contribution is 0.0545. The molecular weight excluding hydrogens is 438 g/mol. The van der Waals surface area contributed by atoms with E-state index in [1.165, 1.54) is 0 Å². The minimum atomic E-state index is -0.748. The number of rotatable bonds is 2. The van der Waals surface area contributed by atoms with Gasteiger partial charge in [-0.2, -0.15) is 0 Å². The molecule has 2 amide bonds. The van der Waals surface area contributed by atoms with Gasteiger partial charge >= 0.3 is 12.2 Å². The second-order valence-corrected chi connectivity index (χ2v) is 8.83. The number of carbonyl (C=O) groups is 2. The fraction of sp³-hybridized carbons (Fsp3) is 0.500. The summed E-state index contributed by atoms with van der Waals surface area (Å²) in [6.07, 6.45) is -1.50. The highest BCUT2D eigenvalue weighted by molar-refractivity contribution is 9.10. The summed E-state index contributed by atoms with van der Waals surface area (Å²) in [4.78, 5) is 28.3. The van der Waals surface area contributed by atoms with Crippen molar-refractivity contribution in [2.75, 3.05) is 0 Å². The van der Waals surface area contributed by atoms with Gasteiger partial charge in [-0.15, -0.1) is 0 Å². The minimum absolute atomic E-state index is 0.0922. The third-order valence-corrected chi connectivity index (χ3v) is 4.16. The normalized spacial score (nSPS) is 11.4.